The molecule has 2 heterocycles. The number of carbonyl (C=O) groups excluding carboxylic acids is 1. The molecule has 0 saturated heterocycles. The molecule has 1 aliphatic heterocycles. The van der Waals surface area contributed by atoms with Gasteiger partial charge in [-0.2, -0.15) is 0 Å². The molecule has 0 fully saturated rings. The number of furan rings is 1. The van der Waals surface area contributed by atoms with Crippen LogP contribution in [-0.2, 0) is 9.53 Å². The Morgan fingerprint density at radius 3 is 2.67 bits per heavy atom. The van der Waals surface area contributed by atoms with Crippen LogP contribution < -0.4 is 0 Å². The van der Waals surface area contributed by atoms with Crippen molar-refractivity contribution in [3.63, 3.8) is 0 Å². The van der Waals surface area contributed by atoms with Crippen LogP contribution in [0.5, 0.6) is 0 Å². The highest BCUT2D eigenvalue weighted by Crippen LogP contribution is 2.29. The Morgan fingerprint density at radius 2 is 2.00 bits per heavy atom. The van der Waals surface area contributed by atoms with Gasteiger partial charge >= 0.3 is 5.97 Å². The van der Waals surface area contributed by atoms with Gasteiger partial charge in [0, 0.05) is 6.08 Å². The first-order valence-corrected chi connectivity index (χ1v) is 7.73. The summed E-state index contributed by atoms with van der Waals surface area (Å²) in [6.45, 7) is 0. The van der Waals surface area contributed by atoms with Gasteiger partial charge in [0.1, 0.15) is 5.76 Å². The standard InChI is InChI=1S/C14H6Br2ClNO3/c15-9-5-7(20-12(9)16)6-11-14(19)21-13(18-11)8-3-1-2-4-10(8)17/h1-6H/b11-6-. The Bertz CT molecular complexity index is 776. The van der Waals surface area contributed by atoms with Crippen LogP contribution in [0.3, 0.4) is 0 Å². The third-order valence-electron chi connectivity index (χ3n) is 2.67. The van der Waals surface area contributed by atoms with Crippen molar-refractivity contribution in [2.24, 2.45) is 4.99 Å². The molecule has 0 aliphatic carbocycles. The highest BCUT2D eigenvalue weighted by Gasteiger charge is 2.26. The largest absolute Gasteiger partial charge is 0.449 e. The van der Waals surface area contributed by atoms with Gasteiger partial charge in [0.15, 0.2) is 10.4 Å². The molecule has 1 aromatic carbocycles. The number of halogens is 3. The molecular weight excluding hydrogens is 425 g/mol. The van der Waals surface area contributed by atoms with Crippen molar-refractivity contribution >= 4 is 61.4 Å². The van der Waals surface area contributed by atoms with E-state index in [0.29, 0.717) is 21.0 Å². The number of nitrogens with zero attached hydrogens (tertiary/aromatic N) is 1. The Kier molecular flexibility index (Phi) is 4.01. The molecule has 0 radical (unpaired) electrons. The second kappa shape index (κ2) is 5.79. The summed E-state index contributed by atoms with van der Waals surface area (Å²) in [5.41, 5.74) is 0.719. The number of rotatable bonds is 2. The quantitative estimate of drug-likeness (QED) is 0.507. The van der Waals surface area contributed by atoms with Gasteiger partial charge < -0.3 is 9.15 Å². The second-order valence-corrected chi connectivity index (χ2v) is 6.07. The monoisotopic (exact) mass is 429 g/mol. The maximum Gasteiger partial charge on any atom is 0.363 e. The Balaban J connectivity index is 1.97. The van der Waals surface area contributed by atoms with Crippen LogP contribution in [-0.4, -0.2) is 11.9 Å². The van der Waals surface area contributed by atoms with Crippen LogP contribution in [0.15, 0.2) is 54.6 Å². The molecule has 0 atom stereocenters. The number of hydrogen-bond acceptors (Lipinski definition) is 4. The average molecular weight is 431 g/mol. The van der Waals surface area contributed by atoms with Gasteiger partial charge in [-0.05, 0) is 50.1 Å². The number of aliphatic imine (C=N–C) groups is 1. The normalized spacial score (nSPS) is 16.2. The fourth-order valence-corrected chi connectivity index (χ4v) is 2.55. The minimum absolute atomic E-state index is 0.152. The van der Waals surface area contributed by atoms with Crippen LogP contribution >= 0.6 is 43.5 Å². The van der Waals surface area contributed by atoms with E-state index in [9.17, 15) is 4.79 Å². The summed E-state index contributed by atoms with van der Waals surface area (Å²) in [7, 11) is 0. The van der Waals surface area contributed by atoms with Gasteiger partial charge in [-0.25, -0.2) is 9.79 Å². The van der Waals surface area contributed by atoms with Gasteiger partial charge in [-0.15, -0.1) is 0 Å². The van der Waals surface area contributed by atoms with Crippen molar-refractivity contribution in [2.75, 3.05) is 0 Å². The molecule has 0 bridgehead atoms. The molecule has 1 aliphatic rings. The summed E-state index contributed by atoms with van der Waals surface area (Å²) in [5.74, 6) is 0.111. The van der Waals surface area contributed by atoms with Crippen LogP contribution in [0.2, 0.25) is 5.02 Å². The smallest absolute Gasteiger partial charge is 0.363 e. The molecule has 4 nitrogen and oxygen atoms in total. The lowest BCUT2D eigenvalue weighted by Gasteiger charge is -2.00. The highest BCUT2D eigenvalue weighted by molar-refractivity contribution is 9.13. The summed E-state index contributed by atoms with van der Waals surface area (Å²) < 4.78 is 11.8. The number of carbonyl (C=O) groups is 1. The molecule has 2 aromatic rings. The zero-order chi connectivity index (χ0) is 15.0. The molecule has 0 unspecified atom stereocenters. The number of cyclic esters (lactones) is 1. The van der Waals surface area contributed by atoms with E-state index in [1.54, 1.807) is 30.3 Å². The highest BCUT2D eigenvalue weighted by atomic mass is 79.9. The molecule has 3 rings (SSSR count). The molecule has 7 heteroatoms. The van der Waals surface area contributed by atoms with E-state index in [2.05, 4.69) is 36.9 Å². The fourth-order valence-electron chi connectivity index (χ4n) is 1.73. The zero-order valence-electron chi connectivity index (χ0n) is 10.3. The molecule has 0 spiro atoms. The van der Waals surface area contributed by atoms with E-state index < -0.39 is 5.97 Å². The fraction of sp³-hybridized carbons (Fsp3) is 0. The van der Waals surface area contributed by atoms with E-state index in [-0.39, 0.29) is 11.6 Å². The molecule has 0 N–H and O–H groups in total. The van der Waals surface area contributed by atoms with E-state index in [1.165, 1.54) is 6.08 Å². The molecule has 0 saturated carbocycles. The molecule has 0 amide bonds. The molecule has 106 valence electrons. The van der Waals surface area contributed by atoms with Crippen molar-refractivity contribution in [1.82, 2.24) is 0 Å². The number of ether oxygens (including phenoxy) is 1. The third-order valence-corrected chi connectivity index (χ3v) is 4.71. The minimum atomic E-state index is -0.548. The van der Waals surface area contributed by atoms with Crippen LogP contribution in [0.1, 0.15) is 11.3 Å². The molecular formula is C14H6Br2ClNO3. The first-order chi connectivity index (χ1) is 10.0. The maximum atomic E-state index is 11.9. The number of benzene rings is 1. The lowest BCUT2D eigenvalue weighted by Crippen LogP contribution is -2.05. The first-order valence-electron chi connectivity index (χ1n) is 5.77. The number of hydrogen-bond donors (Lipinski definition) is 0. The van der Waals surface area contributed by atoms with Crippen LogP contribution in [0, 0.1) is 0 Å². The summed E-state index contributed by atoms with van der Waals surface area (Å²) >= 11 is 12.6. The van der Waals surface area contributed by atoms with Gasteiger partial charge in [-0.3, -0.25) is 0 Å². The predicted octanol–water partition coefficient (Wildman–Crippen LogP) is 4.80. The summed E-state index contributed by atoms with van der Waals surface area (Å²) in [5, 5.41) is 0.466. The summed E-state index contributed by atoms with van der Waals surface area (Å²) in [4.78, 5) is 16.0. The van der Waals surface area contributed by atoms with E-state index in [1.807, 2.05) is 0 Å². The third kappa shape index (κ3) is 2.97. The molecule has 1 aromatic heterocycles. The second-order valence-electron chi connectivity index (χ2n) is 4.09. The van der Waals surface area contributed by atoms with Crippen molar-refractivity contribution in [3.05, 3.63) is 61.5 Å². The predicted molar refractivity (Wildman–Crippen MR) is 86.2 cm³/mol. The van der Waals surface area contributed by atoms with Crippen molar-refractivity contribution < 1.29 is 13.9 Å². The Labute approximate surface area is 141 Å². The lowest BCUT2D eigenvalue weighted by molar-refractivity contribution is -0.129. The first kappa shape index (κ1) is 14.6. The minimum Gasteiger partial charge on any atom is -0.449 e. The van der Waals surface area contributed by atoms with Crippen molar-refractivity contribution in [2.45, 2.75) is 0 Å². The summed E-state index contributed by atoms with van der Waals surface area (Å²) in [6.07, 6.45) is 1.50. The number of esters is 1. The van der Waals surface area contributed by atoms with Gasteiger partial charge in [0.05, 0.1) is 15.1 Å². The van der Waals surface area contributed by atoms with E-state index in [4.69, 9.17) is 20.8 Å². The van der Waals surface area contributed by atoms with E-state index in [0.717, 1.165) is 4.47 Å². The van der Waals surface area contributed by atoms with Gasteiger partial charge in [0.2, 0.25) is 5.90 Å². The average Bonchev–Trinajstić information content (AvgIpc) is 2.95. The van der Waals surface area contributed by atoms with Crippen molar-refractivity contribution in [1.29, 1.82) is 0 Å². The lowest BCUT2D eigenvalue weighted by atomic mass is 10.2. The zero-order valence-corrected chi connectivity index (χ0v) is 14.2. The van der Waals surface area contributed by atoms with Gasteiger partial charge in [0.25, 0.3) is 0 Å². The van der Waals surface area contributed by atoms with Crippen LogP contribution in [0.25, 0.3) is 6.08 Å². The van der Waals surface area contributed by atoms with Crippen LogP contribution in [0.4, 0.5) is 0 Å². The molecule has 21 heavy (non-hydrogen) atoms. The summed E-state index contributed by atoms with van der Waals surface area (Å²) in [6, 6.07) is 8.73. The topological polar surface area (TPSA) is 51.8 Å². The Hall–Kier alpha value is -1.37. The maximum absolute atomic E-state index is 11.9. The van der Waals surface area contributed by atoms with Gasteiger partial charge in [-0.1, -0.05) is 23.7 Å². The van der Waals surface area contributed by atoms with E-state index >= 15 is 0 Å². The SMILES string of the molecule is O=C1OC(c2ccccc2Cl)=N/C1=C\c1cc(Br)c(Br)o1. The Morgan fingerprint density at radius 1 is 1.24 bits per heavy atom. The van der Waals surface area contributed by atoms with Crippen molar-refractivity contribution in [3.8, 4) is 0 Å².